The maximum atomic E-state index is 13.1. The second-order valence-corrected chi connectivity index (χ2v) is 8.71. The number of amides is 5. The SMILES string of the molecule is COc1ccc(CN2C(=O)NC(=O)C2=O)cc1C(=O)NCc1ccc(Sc2ccc(F)cc2)cc1. The highest BCUT2D eigenvalue weighted by Gasteiger charge is 2.36. The zero-order valence-corrected chi connectivity index (χ0v) is 19.4. The topological polar surface area (TPSA) is 105 Å². The molecule has 0 bridgehead atoms. The highest BCUT2D eigenvalue weighted by Crippen LogP contribution is 2.28. The molecular formula is C25H20FN3O5S. The lowest BCUT2D eigenvalue weighted by Gasteiger charge is -2.14. The molecule has 1 fully saturated rings. The van der Waals surface area contributed by atoms with Gasteiger partial charge in [0.05, 0.1) is 19.2 Å². The Labute approximate surface area is 204 Å². The predicted octanol–water partition coefficient (Wildman–Crippen LogP) is 3.49. The largest absolute Gasteiger partial charge is 0.496 e. The van der Waals surface area contributed by atoms with E-state index in [2.05, 4.69) is 5.32 Å². The fourth-order valence-corrected chi connectivity index (χ4v) is 4.20. The molecule has 0 aromatic heterocycles. The van der Waals surface area contributed by atoms with Crippen LogP contribution in [0.25, 0.3) is 0 Å². The van der Waals surface area contributed by atoms with Crippen LogP contribution >= 0.6 is 11.8 Å². The monoisotopic (exact) mass is 493 g/mol. The molecular weight excluding hydrogens is 473 g/mol. The van der Waals surface area contributed by atoms with E-state index in [0.29, 0.717) is 11.3 Å². The number of urea groups is 1. The van der Waals surface area contributed by atoms with Gasteiger partial charge >= 0.3 is 17.8 Å². The van der Waals surface area contributed by atoms with Crippen molar-refractivity contribution >= 4 is 35.5 Å². The van der Waals surface area contributed by atoms with Gasteiger partial charge in [-0.2, -0.15) is 0 Å². The summed E-state index contributed by atoms with van der Waals surface area (Å²) < 4.78 is 18.3. The van der Waals surface area contributed by atoms with Crippen LogP contribution < -0.4 is 15.4 Å². The van der Waals surface area contributed by atoms with Crippen LogP contribution in [0.3, 0.4) is 0 Å². The maximum Gasteiger partial charge on any atom is 0.331 e. The van der Waals surface area contributed by atoms with Gasteiger partial charge in [0, 0.05) is 16.3 Å². The van der Waals surface area contributed by atoms with E-state index in [-0.39, 0.29) is 24.5 Å². The first-order valence-electron chi connectivity index (χ1n) is 10.5. The maximum absolute atomic E-state index is 13.1. The van der Waals surface area contributed by atoms with Crippen LogP contribution in [-0.2, 0) is 22.7 Å². The standard InChI is InChI=1S/C25H20FN3O5S/c1-34-21-11-4-16(14-29-24(32)23(31)28-25(29)33)12-20(21)22(30)27-13-15-2-7-18(8-3-15)35-19-9-5-17(26)6-10-19/h2-12H,13-14H2,1H3,(H,27,30)(H,28,31,33). The van der Waals surface area contributed by atoms with Crippen molar-refractivity contribution in [3.05, 3.63) is 89.2 Å². The van der Waals surface area contributed by atoms with Crippen molar-refractivity contribution in [3.8, 4) is 5.75 Å². The average Bonchev–Trinajstić information content (AvgIpc) is 3.10. The summed E-state index contributed by atoms with van der Waals surface area (Å²) in [6.07, 6.45) is 0. The van der Waals surface area contributed by atoms with E-state index < -0.39 is 23.8 Å². The van der Waals surface area contributed by atoms with Crippen molar-refractivity contribution in [2.75, 3.05) is 7.11 Å². The third kappa shape index (κ3) is 5.67. The van der Waals surface area contributed by atoms with Crippen LogP contribution in [0, 0.1) is 5.82 Å². The second-order valence-electron chi connectivity index (χ2n) is 7.57. The molecule has 0 unspecified atom stereocenters. The highest BCUT2D eigenvalue weighted by atomic mass is 32.2. The molecule has 2 N–H and O–H groups in total. The summed E-state index contributed by atoms with van der Waals surface area (Å²) in [7, 11) is 1.43. The van der Waals surface area contributed by atoms with Gasteiger partial charge in [-0.1, -0.05) is 30.0 Å². The Balaban J connectivity index is 1.40. The number of nitrogens with one attached hydrogen (secondary N) is 2. The number of ether oxygens (including phenoxy) is 1. The molecule has 3 aromatic carbocycles. The molecule has 178 valence electrons. The van der Waals surface area contributed by atoms with Crippen molar-refractivity contribution in [1.29, 1.82) is 0 Å². The van der Waals surface area contributed by atoms with Crippen molar-refractivity contribution in [2.24, 2.45) is 0 Å². The van der Waals surface area contributed by atoms with E-state index in [0.717, 1.165) is 20.3 Å². The van der Waals surface area contributed by atoms with Crippen LogP contribution in [0.1, 0.15) is 21.5 Å². The summed E-state index contributed by atoms with van der Waals surface area (Å²) in [6.45, 7) is 0.100. The number of carbonyl (C=O) groups is 4. The summed E-state index contributed by atoms with van der Waals surface area (Å²) in [5.74, 6) is -2.29. The van der Waals surface area contributed by atoms with Gasteiger partial charge in [0.15, 0.2) is 0 Å². The van der Waals surface area contributed by atoms with E-state index in [9.17, 15) is 23.6 Å². The lowest BCUT2D eigenvalue weighted by Crippen LogP contribution is -2.30. The molecule has 1 aliphatic heterocycles. The van der Waals surface area contributed by atoms with E-state index >= 15 is 0 Å². The van der Waals surface area contributed by atoms with Gasteiger partial charge in [-0.25, -0.2) is 9.18 Å². The summed E-state index contributed by atoms with van der Waals surface area (Å²) in [6, 6.07) is 17.7. The Morgan fingerprint density at radius 1 is 0.971 bits per heavy atom. The molecule has 1 heterocycles. The number of nitrogens with zero attached hydrogens (tertiary/aromatic N) is 1. The second kappa shape index (κ2) is 10.4. The molecule has 10 heteroatoms. The minimum absolute atomic E-state index is 0.159. The smallest absolute Gasteiger partial charge is 0.331 e. The van der Waals surface area contributed by atoms with Gasteiger partial charge in [0.1, 0.15) is 11.6 Å². The zero-order valence-electron chi connectivity index (χ0n) is 18.5. The Morgan fingerprint density at radius 2 is 1.60 bits per heavy atom. The van der Waals surface area contributed by atoms with Gasteiger partial charge in [0.2, 0.25) is 0 Å². The van der Waals surface area contributed by atoms with Crippen LogP contribution in [0.5, 0.6) is 5.75 Å². The number of benzene rings is 3. The first-order chi connectivity index (χ1) is 16.8. The quantitative estimate of drug-likeness (QED) is 0.368. The van der Waals surface area contributed by atoms with Gasteiger partial charge in [-0.15, -0.1) is 0 Å². The summed E-state index contributed by atoms with van der Waals surface area (Å²) in [5, 5.41) is 4.76. The van der Waals surface area contributed by atoms with Gasteiger partial charge in [-0.3, -0.25) is 24.6 Å². The molecule has 1 aliphatic rings. The zero-order chi connectivity index (χ0) is 24.9. The lowest BCUT2D eigenvalue weighted by atomic mass is 10.1. The Bertz CT molecular complexity index is 1300. The first kappa shape index (κ1) is 24.0. The van der Waals surface area contributed by atoms with Crippen LogP contribution in [-0.4, -0.2) is 35.8 Å². The summed E-state index contributed by atoms with van der Waals surface area (Å²) >= 11 is 1.50. The van der Waals surface area contributed by atoms with Crippen molar-refractivity contribution < 1.29 is 28.3 Å². The van der Waals surface area contributed by atoms with E-state index in [1.165, 1.54) is 37.1 Å². The van der Waals surface area contributed by atoms with Crippen molar-refractivity contribution in [3.63, 3.8) is 0 Å². The molecule has 5 amide bonds. The normalized spacial score (nSPS) is 13.1. The molecule has 0 atom stereocenters. The number of rotatable bonds is 8. The molecule has 0 spiro atoms. The van der Waals surface area contributed by atoms with Gasteiger partial charge in [-0.05, 0) is 59.7 Å². The molecule has 0 saturated carbocycles. The van der Waals surface area contributed by atoms with Crippen molar-refractivity contribution in [2.45, 2.75) is 22.9 Å². The first-order valence-corrected chi connectivity index (χ1v) is 11.3. The number of methoxy groups -OCH3 is 1. The van der Waals surface area contributed by atoms with Crippen LogP contribution in [0.4, 0.5) is 9.18 Å². The Kier molecular flexibility index (Phi) is 7.11. The van der Waals surface area contributed by atoms with E-state index in [1.54, 1.807) is 24.3 Å². The fourth-order valence-electron chi connectivity index (χ4n) is 3.38. The third-order valence-electron chi connectivity index (χ3n) is 5.18. The molecule has 8 nitrogen and oxygen atoms in total. The molecule has 0 aliphatic carbocycles. The van der Waals surface area contributed by atoms with Crippen LogP contribution in [0.15, 0.2) is 76.5 Å². The Hall–Kier alpha value is -4.18. The minimum Gasteiger partial charge on any atom is -0.496 e. The third-order valence-corrected chi connectivity index (χ3v) is 6.20. The molecule has 3 aromatic rings. The molecule has 35 heavy (non-hydrogen) atoms. The Morgan fingerprint density at radius 3 is 2.20 bits per heavy atom. The van der Waals surface area contributed by atoms with Gasteiger partial charge < -0.3 is 10.1 Å². The number of carbonyl (C=O) groups excluding carboxylic acids is 4. The molecule has 1 saturated heterocycles. The van der Waals surface area contributed by atoms with Crippen LogP contribution in [0.2, 0.25) is 0 Å². The minimum atomic E-state index is -0.983. The summed E-state index contributed by atoms with van der Waals surface area (Å²) in [4.78, 5) is 50.5. The fraction of sp³-hybridized carbons (Fsp3) is 0.120. The molecule has 4 rings (SSSR count). The predicted molar refractivity (Wildman–Crippen MR) is 125 cm³/mol. The van der Waals surface area contributed by atoms with E-state index in [1.807, 2.05) is 29.6 Å². The van der Waals surface area contributed by atoms with Crippen molar-refractivity contribution in [1.82, 2.24) is 15.5 Å². The summed E-state index contributed by atoms with van der Waals surface area (Å²) in [5.41, 5.74) is 1.58. The number of imide groups is 2. The number of hydrogen-bond donors (Lipinski definition) is 2. The lowest BCUT2D eigenvalue weighted by molar-refractivity contribution is -0.140. The number of halogens is 1. The number of hydrogen-bond acceptors (Lipinski definition) is 6. The van der Waals surface area contributed by atoms with E-state index in [4.69, 9.17) is 4.74 Å². The molecule has 0 radical (unpaired) electrons. The van der Waals surface area contributed by atoms with Gasteiger partial charge in [0.25, 0.3) is 5.91 Å². The average molecular weight is 494 g/mol. The highest BCUT2D eigenvalue weighted by molar-refractivity contribution is 7.99.